The molecule has 22 heavy (non-hydrogen) atoms. The van der Waals surface area contributed by atoms with Gasteiger partial charge in [-0.3, -0.25) is 9.59 Å². The van der Waals surface area contributed by atoms with Crippen molar-refractivity contribution < 1.29 is 19.4 Å². The molecule has 0 fully saturated rings. The van der Waals surface area contributed by atoms with Crippen molar-refractivity contribution in [2.75, 3.05) is 25.6 Å². The zero-order chi connectivity index (χ0) is 16.6. The summed E-state index contributed by atoms with van der Waals surface area (Å²) in [6.07, 6.45) is 2.04. The molecule has 0 aliphatic heterocycles. The average molecular weight is 309 g/mol. The van der Waals surface area contributed by atoms with E-state index in [9.17, 15) is 9.59 Å². The summed E-state index contributed by atoms with van der Waals surface area (Å²) in [7, 11) is 1.57. The summed E-state index contributed by atoms with van der Waals surface area (Å²) in [4.78, 5) is 26.6. The van der Waals surface area contributed by atoms with E-state index in [0.717, 1.165) is 0 Å². The van der Waals surface area contributed by atoms with E-state index in [4.69, 9.17) is 9.84 Å². The van der Waals surface area contributed by atoms with Crippen LogP contribution in [-0.4, -0.2) is 47.8 Å². The number of rotatable bonds is 9. The molecule has 7 nitrogen and oxygen atoms in total. The molecule has 7 heteroatoms. The van der Waals surface area contributed by atoms with Gasteiger partial charge in [0.1, 0.15) is 5.82 Å². The number of amides is 1. The SMILES string of the molecule is COCCNC(=O)c1ccc(NC(C)(C)CCC(=O)O)nc1. The molecule has 0 aromatic carbocycles. The quantitative estimate of drug-likeness (QED) is 0.598. The third-order valence-electron chi connectivity index (χ3n) is 3.05. The monoisotopic (exact) mass is 309 g/mol. The minimum absolute atomic E-state index is 0.0833. The number of carboxylic acid groups (broad SMARTS) is 1. The molecule has 1 aromatic rings. The van der Waals surface area contributed by atoms with Crippen molar-refractivity contribution in [3.8, 4) is 0 Å². The average Bonchev–Trinajstić information content (AvgIpc) is 2.46. The first-order valence-corrected chi connectivity index (χ1v) is 7.07. The van der Waals surface area contributed by atoms with Crippen LogP contribution in [0.25, 0.3) is 0 Å². The van der Waals surface area contributed by atoms with E-state index in [1.54, 1.807) is 19.2 Å². The summed E-state index contributed by atoms with van der Waals surface area (Å²) in [5.74, 6) is -0.434. The Morgan fingerprint density at radius 1 is 1.36 bits per heavy atom. The first-order chi connectivity index (χ1) is 10.3. The predicted molar refractivity (Wildman–Crippen MR) is 83.0 cm³/mol. The molecule has 3 N–H and O–H groups in total. The Labute approximate surface area is 130 Å². The number of aliphatic carboxylic acids is 1. The molecular formula is C15H23N3O4. The molecule has 122 valence electrons. The molecule has 0 spiro atoms. The number of carbonyl (C=O) groups excluding carboxylic acids is 1. The van der Waals surface area contributed by atoms with E-state index in [0.29, 0.717) is 31.0 Å². The number of hydrogen-bond donors (Lipinski definition) is 3. The lowest BCUT2D eigenvalue weighted by Gasteiger charge is -2.26. The smallest absolute Gasteiger partial charge is 0.303 e. The van der Waals surface area contributed by atoms with Crippen LogP contribution in [0.4, 0.5) is 5.82 Å². The minimum Gasteiger partial charge on any atom is -0.481 e. The van der Waals surface area contributed by atoms with Gasteiger partial charge < -0.3 is 20.5 Å². The standard InChI is InChI=1S/C15H23N3O4/c1-15(2,7-6-13(19)20)18-12-5-4-11(10-17-12)14(21)16-8-9-22-3/h4-5,10H,6-9H2,1-3H3,(H,16,21)(H,17,18)(H,19,20). The maximum Gasteiger partial charge on any atom is 0.303 e. The van der Waals surface area contributed by atoms with Crippen molar-refractivity contribution >= 4 is 17.7 Å². The van der Waals surface area contributed by atoms with Gasteiger partial charge in [0.25, 0.3) is 5.91 Å². The fourth-order valence-electron chi connectivity index (χ4n) is 1.80. The highest BCUT2D eigenvalue weighted by molar-refractivity contribution is 5.94. The van der Waals surface area contributed by atoms with Crippen LogP contribution >= 0.6 is 0 Å². The van der Waals surface area contributed by atoms with Gasteiger partial charge in [0.2, 0.25) is 0 Å². The molecule has 0 saturated heterocycles. The highest BCUT2D eigenvalue weighted by atomic mass is 16.5. The highest BCUT2D eigenvalue weighted by Gasteiger charge is 2.19. The van der Waals surface area contributed by atoms with E-state index >= 15 is 0 Å². The molecule has 1 aromatic heterocycles. The zero-order valence-electron chi connectivity index (χ0n) is 13.2. The lowest BCUT2D eigenvalue weighted by Crippen LogP contribution is -2.32. The summed E-state index contributed by atoms with van der Waals surface area (Å²) in [5.41, 5.74) is 0.0678. The first-order valence-electron chi connectivity index (χ1n) is 7.07. The lowest BCUT2D eigenvalue weighted by molar-refractivity contribution is -0.137. The number of aromatic nitrogens is 1. The third kappa shape index (κ3) is 6.53. The number of anilines is 1. The zero-order valence-corrected chi connectivity index (χ0v) is 13.2. The Kier molecular flexibility index (Phi) is 6.78. The van der Waals surface area contributed by atoms with Crippen molar-refractivity contribution in [1.82, 2.24) is 10.3 Å². The number of methoxy groups -OCH3 is 1. The second-order valence-corrected chi connectivity index (χ2v) is 5.58. The molecule has 0 atom stereocenters. The van der Waals surface area contributed by atoms with Gasteiger partial charge in [0.05, 0.1) is 12.2 Å². The second kappa shape index (κ2) is 8.33. The number of nitrogens with one attached hydrogen (secondary N) is 2. The Bertz CT molecular complexity index is 500. The normalized spacial score (nSPS) is 11.0. The van der Waals surface area contributed by atoms with Crippen molar-refractivity contribution in [2.24, 2.45) is 0 Å². The topological polar surface area (TPSA) is 101 Å². The van der Waals surface area contributed by atoms with Crippen LogP contribution in [0, 0.1) is 0 Å². The maximum absolute atomic E-state index is 11.8. The Morgan fingerprint density at radius 2 is 2.09 bits per heavy atom. The molecule has 0 unspecified atom stereocenters. The van der Waals surface area contributed by atoms with E-state index in [1.807, 2.05) is 13.8 Å². The Balaban J connectivity index is 2.57. The summed E-state index contributed by atoms with van der Waals surface area (Å²) in [6.45, 7) is 4.71. The molecule has 0 radical (unpaired) electrons. The van der Waals surface area contributed by atoms with Crippen molar-refractivity contribution in [1.29, 1.82) is 0 Å². The van der Waals surface area contributed by atoms with Crippen molar-refractivity contribution in [3.63, 3.8) is 0 Å². The van der Waals surface area contributed by atoms with Crippen LogP contribution in [0.2, 0.25) is 0 Å². The molecule has 0 bridgehead atoms. The van der Waals surface area contributed by atoms with Crippen molar-refractivity contribution in [3.05, 3.63) is 23.9 Å². The van der Waals surface area contributed by atoms with Crippen LogP contribution in [0.15, 0.2) is 18.3 Å². The minimum atomic E-state index is -0.828. The van der Waals surface area contributed by atoms with Gasteiger partial charge in [0.15, 0.2) is 0 Å². The molecular weight excluding hydrogens is 286 g/mol. The van der Waals surface area contributed by atoms with Gasteiger partial charge in [-0.2, -0.15) is 0 Å². The van der Waals surface area contributed by atoms with Gasteiger partial charge in [0, 0.05) is 31.8 Å². The van der Waals surface area contributed by atoms with Gasteiger partial charge >= 0.3 is 5.97 Å². The van der Waals surface area contributed by atoms with Gasteiger partial charge in [-0.15, -0.1) is 0 Å². The Hall–Kier alpha value is -2.15. The van der Waals surface area contributed by atoms with Crippen LogP contribution in [0.1, 0.15) is 37.0 Å². The summed E-state index contributed by atoms with van der Waals surface area (Å²) < 4.78 is 4.86. The maximum atomic E-state index is 11.8. The first kappa shape index (κ1) is 17.9. The largest absolute Gasteiger partial charge is 0.481 e. The Morgan fingerprint density at radius 3 is 2.64 bits per heavy atom. The fraction of sp³-hybridized carbons (Fsp3) is 0.533. The summed E-state index contributed by atoms with van der Waals surface area (Å²) >= 11 is 0. The molecule has 0 saturated carbocycles. The molecule has 0 aliphatic rings. The number of carbonyl (C=O) groups is 2. The van der Waals surface area contributed by atoms with Crippen LogP contribution in [-0.2, 0) is 9.53 Å². The van der Waals surface area contributed by atoms with Crippen molar-refractivity contribution in [2.45, 2.75) is 32.2 Å². The van der Waals surface area contributed by atoms with Gasteiger partial charge in [-0.25, -0.2) is 4.98 Å². The van der Waals surface area contributed by atoms with Gasteiger partial charge in [-0.05, 0) is 32.4 Å². The van der Waals surface area contributed by atoms with E-state index < -0.39 is 11.5 Å². The number of pyridine rings is 1. The molecule has 1 amide bonds. The van der Waals surface area contributed by atoms with E-state index in [2.05, 4.69) is 15.6 Å². The molecule has 1 heterocycles. The molecule has 1 rings (SSSR count). The highest BCUT2D eigenvalue weighted by Crippen LogP contribution is 2.18. The fourth-order valence-corrected chi connectivity index (χ4v) is 1.80. The third-order valence-corrected chi connectivity index (χ3v) is 3.05. The number of nitrogens with zero attached hydrogens (tertiary/aromatic N) is 1. The number of carboxylic acids is 1. The van der Waals surface area contributed by atoms with E-state index in [-0.39, 0.29) is 12.3 Å². The van der Waals surface area contributed by atoms with Crippen LogP contribution in [0.3, 0.4) is 0 Å². The number of hydrogen-bond acceptors (Lipinski definition) is 5. The summed E-state index contributed by atoms with van der Waals surface area (Å²) in [5, 5.41) is 14.6. The van der Waals surface area contributed by atoms with E-state index in [1.165, 1.54) is 6.20 Å². The number of ether oxygens (including phenoxy) is 1. The molecule has 0 aliphatic carbocycles. The second-order valence-electron chi connectivity index (χ2n) is 5.58. The van der Waals surface area contributed by atoms with Crippen LogP contribution in [0.5, 0.6) is 0 Å². The van der Waals surface area contributed by atoms with Crippen LogP contribution < -0.4 is 10.6 Å². The summed E-state index contributed by atoms with van der Waals surface area (Å²) in [6, 6.07) is 3.37. The predicted octanol–water partition coefficient (Wildman–Crippen LogP) is 1.51. The lowest BCUT2D eigenvalue weighted by atomic mass is 9.98. The van der Waals surface area contributed by atoms with Gasteiger partial charge in [-0.1, -0.05) is 0 Å².